The zero-order valence-corrected chi connectivity index (χ0v) is 16.3. The fourth-order valence-electron chi connectivity index (χ4n) is 2.29. The average molecular weight is 394 g/mol. The van der Waals surface area contributed by atoms with Crippen LogP contribution in [0.2, 0.25) is 0 Å². The Morgan fingerprint density at radius 3 is 2.19 bits per heavy atom. The molecule has 0 radical (unpaired) electrons. The summed E-state index contributed by atoms with van der Waals surface area (Å²) in [4.78, 5) is 10.9. The molecule has 0 bridgehead atoms. The van der Waals surface area contributed by atoms with Gasteiger partial charge in [-0.2, -0.15) is 13.2 Å². The van der Waals surface area contributed by atoms with Crippen LogP contribution in [0.15, 0.2) is 23.1 Å². The summed E-state index contributed by atoms with van der Waals surface area (Å²) in [6, 6.07) is 4.78. The van der Waals surface area contributed by atoms with Crippen LogP contribution in [0.3, 0.4) is 0 Å². The quantitative estimate of drug-likeness (QED) is 0.779. The number of hydrogen-bond acceptors (Lipinski definition) is 3. The van der Waals surface area contributed by atoms with Crippen molar-refractivity contribution in [3.05, 3.63) is 29.3 Å². The van der Waals surface area contributed by atoms with E-state index in [1.807, 2.05) is 13.8 Å². The molecule has 0 aliphatic heterocycles. The fourth-order valence-corrected chi connectivity index (χ4v) is 3.95. The maximum atomic E-state index is 12.6. The summed E-state index contributed by atoms with van der Waals surface area (Å²) in [6.45, 7) is 8.60. The summed E-state index contributed by atoms with van der Waals surface area (Å²) in [6.07, 6.45) is -5.01. The third-order valence-electron chi connectivity index (χ3n) is 3.42. The molecule has 5 nitrogen and oxygen atoms in total. The highest BCUT2D eigenvalue weighted by molar-refractivity contribution is 7.89. The van der Waals surface area contributed by atoms with Gasteiger partial charge in [0.05, 0.1) is 4.90 Å². The van der Waals surface area contributed by atoms with Gasteiger partial charge in [-0.05, 0) is 50.3 Å². The smallest absolute Gasteiger partial charge is 0.348 e. The molecule has 0 atom stereocenters. The SMILES string of the molecule is CC(C)c1ccc(S(=O)(=O)NC(C)(C)C)c(CCNC(=O)C(F)(F)F)c1. The Balaban J connectivity index is 3.14. The van der Waals surface area contributed by atoms with Crippen molar-refractivity contribution in [1.82, 2.24) is 10.0 Å². The number of carbonyl (C=O) groups is 1. The van der Waals surface area contributed by atoms with Crippen molar-refractivity contribution in [1.29, 1.82) is 0 Å². The number of sulfonamides is 1. The van der Waals surface area contributed by atoms with Gasteiger partial charge in [0.15, 0.2) is 0 Å². The van der Waals surface area contributed by atoms with Crippen molar-refractivity contribution in [2.24, 2.45) is 0 Å². The van der Waals surface area contributed by atoms with E-state index in [0.29, 0.717) is 5.56 Å². The molecule has 2 N–H and O–H groups in total. The van der Waals surface area contributed by atoms with Gasteiger partial charge in [-0.3, -0.25) is 4.79 Å². The summed E-state index contributed by atoms with van der Waals surface area (Å²) in [5.41, 5.74) is 0.504. The van der Waals surface area contributed by atoms with Gasteiger partial charge < -0.3 is 5.32 Å². The normalized spacial score (nSPS) is 13.1. The minimum Gasteiger partial charge on any atom is -0.348 e. The van der Waals surface area contributed by atoms with Crippen molar-refractivity contribution < 1.29 is 26.4 Å². The highest BCUT2D eigenvalue weighted by atomic mass is 32.2. The average Bonchev–Trinajstić information content (AvgIpc) is 2.43. The third kappa shape index (κ3) is 6.60. The lowest BCUT2D eigenvalue weighted by molar-refractivity contribution is -0.173. The topological polar surface area (TPSA) is 75.3 Å². The maximum Gasteiger partial charge on any atom is 0.471 e. The summed E-state index contributed by atoms with van der Waals surface area (Å²) in [7, 11) is -3.86. The molecular formula is C17H25F3N2O3S. The van der Waals surface area contributed by atoms with Crippen LogP contribution in [0.5, 0.6) is 0 Å². The molecule has 1 rings (SSSR count). The molecule has 1 aromatic carbocycles. The van der Waals surface area contributed by atoms with E-state index in [-0.39, 0.29) is 23.8 Å². The maximum absolute atomic E-state index is 12.6. The van der Waals surface area contributed by atoms with Crippen LogP contribution in [0.4, 0.5) is 13.2 Å². The first-order valence-corrected chi connectivity index (χ1v) is 9.63. The van der Waals surface area contributed by atoms with Gasteiger partial charge in [0, 0.05) is 12.1 Å². The van der Waals surface area contributed by atoms with Crippen LogP contribution in [0, 0.1) is 0 Å². The molecule has 0 unspecified atom stereocenters. The van der Waals surface area contributed by atoms with Gasteiger partial charge in [0.25, 0.3) is 0 Å². The van der Waals surface area contributed by atoms with Crippen LogP contribution in [0.25, 0.3) is 0 Å². The number of hydrogen-bond donors (Lipinski definition) is 2. The fraction of sp³-hybridized carbons (Fsp3) is 0.588. The van der Waals surface area contributed by atoms with Gasteiger partial charge >= 0.3 is 12.1 Å². The number of rotatable bonds is 6. The minimum absolute atomic E-state index is 0.00178. The van der Waals surface area contributed by atoms with Gasteiger partial charge in [-0.1, -0.05) is 26.0 Å². The molecule has 1 amide bonds. The molecule has 0 aliphatic carbocycles. The molecule has 0 aliphatic rings. The van der Waals surface area contributed by atoms with Crippen molar-refractivity contribution in [3.8, 4) is 0 Å². The van der Waals surface area contributed by atoms with Gasteiger partial charge in [0.1, 0.15) is 0 Å². The van der Waals surface area contributed by atoms with E-state index in [2.05, 4.69) is 4.72 Å². The zero-order chi connectivity index (χ0) is 20.3. The summed E-state index contributed by atoms with van der Waals surface area (Å²) in [5, 5.41) is 1.77. The Morgan fingerprint density at radius 2 is 1.73 bits per heavy atom. The summed E-state index contributed by atoms with van der Waals surface area (Å²) < 4.78 is 64.6. The van der Waals surface area contributed by atoms with E-state index in [9.17, 15) is 26.4 Å². The predicted octanol–water partition coefficient (Wildman–Crippen LogP) is 3.11. The first kappa shape index (κ1) is 22.4. The standard InChI is InChI=1S/C17H25F3N2O3S/c1-11(2)12-6-7-14(26(24,25)22-16(3,4)5)13(10-12)8-9-21-15(23)17(18,19)20/h6-7,10-11,22H,8-9H2,1-5H3,(H,21,23). The van der Waals surface area contributed by atoms with Crippen LogP contribution in [0.1, 0.15) is 51.7 Å². The molecule has 0 fully saturated rings. The molecule has 0 aromatic heterocycles. The van der Waals surface area contributed by atoms with Gasteiger partial charge in [0.2, 0.25) is 10.0 Å². The molecule has 0 heterocycles. The van der Waals surface area contributed by atoms with E-state index in [0.717, 1.165) is 5.56 Å². The van der Waals surface area contributed by atoms with E-state index < -0.39 is 27.6 Å². The number of nitrogens with one attached hydrogen (secondary N) is 2. The second kappa shape index (κ2) is 7.96. The minimum atomic E-state index is -4.97. The first-order chi connectivity index (χ1) is 11.6. The summed E-state index contributed by atoms with van der Waals surface area (Å²) >= 11 is 0. The Labute approximate surface area is 152 Å². The highest BCUT2D eigenvalue weighted by Gasteiger charge is 2.38. The summed E-state index contributed by atoms with van der Waals surface area (Å²) in [5.74, 6) is -1.93. The number of amides is 1. The van der Waals surface area contributed by atoms with Crippen LogP contribution in [-0.2, 0) is 21.2 Å². The van der Waals surface area contributed by atoms with Crippen LogP contribution >= 0.6 is 0 Å². The zero-order valence-electron chi connectivity index (χ0n) is 15.5. The number of halogens is 3. The molecule has 1 aromatic rings. The highest BCUT2D eigenvalue weighted by Crippen LogP contribution is 2.24. The van der Waals surface area contributed by atoms with E-state index in [1.54, 1.807) is 38.2 Å². The Kier molecular flexibility index (Phi) is 6.86. The molecule has 0 saturated heterocycles. The molecular weight excluding hydrogens is 369 g/mol. The third-order valence-corrected chi connectivity index (χ3v) is 5.28. The van der Waals surface area contributed by atoms with E-state index in [1.165, 1.54) is 6.07 Å². The lowest BCUT2D eigenvalue weighted by Crippen LogP contribution is -2.41. The number of benzene rings is 1. The molecule has 26 heavy (non-hydrogen) atoms. The largest absolute Gasteiger partial charge is 0.471 e. The second-order valence-electron chi connectivity index (χ2n) is 7.38. The lowest BCUT2D eigenvalue weighted by Gasteiger charge is -2.22. The first-order valence-electron chi connectivity index (χ1n) is 8.15. The lowest BCUT2D eigenvalue weighted by atomic mass is 9.99. The number of alkyl halides is 3. The molecule has 0 spiro atoms. The van der Waals surface area contributed by atoms with Crippen molar-refractivity contribution in [2.45, 2.75) is 63.6 Å². The second-order valence-corrected chi connectivity index (χ2v) is 9.03. The van der Waals surface area contributed by atoms with Crippen molar-refractivity contribution in [2.75, 3.05) is 6.54 Å². The predicted molar refractivity (Wildman–Crippen MR) is 93.4 cm³/mol. The Morgan fingerprint density at radius 1 is 1.15 bits per heavy atom. The molecule has 148 valence electrons. The van der Waals surface area contributed by atoms with Crippen LogP contribution in [-0.4, -0.2) is 32.6 Å². The van der Waals surface area contributed by atoms with Crippen molar-refractivity contribution >= 4 is 15.9 Å². The van der Waals surface area contributed by atoms with E-state index in [4.69, 9.17) is 0 Å². The van der Waals surface area contributed by atoms with E-state index >= 15 is 0 Å². The Bertz CT molecular complexity index is 751. The monoisotopic (exact) mass is 394 g/mol. The van der Waals surface area contributed by atoms with Crippen molar-refractivity contribution in [3.63, 3.8) is 0 Å². The number of carbonyl (C=O) groups excluding carboxylic acids is 1. The molecule has 9 heteroatoms. The van der Waals surface area contributed by atoms with Gasteiger partial charge in [-0.25, -0.2) is 13.1 Å². The molecule has 0 saturated carbocycles. The Hall–Kier alpha value is -1.61. The van der Waals surface area contributed by atoms with Gasteiger partial charge in [-0.15, -0.1) is 0 Å². The van der Waals surface area contributed by atoms with Crippen LogP contribution < -0.4 is 10.0 Å².